The molecule has 2 aromatic carbocycles. The van der Waals surface area contributed by atoms with Crippen molar-refractivity contribution in [3.05, 3.63) is 58.7 Å². The van der Waals surface area contributed by atoms with Crippen molar-refractivity contribution in [2.24, 2.45) is 0 Å². The summed E-state index contributed by atoms with van der Waals surface area (Å²) in [6, 6.07) is 9.38. The maximum Gasteiger partial charge on any atom is 0.294 e. The van der Waals surface area contributed by atoms with E-state index in [-0.39, 0.29) is 9.79 Å². The molecule has 0 bridgehead atoms. The van der Waals surface area contributed by atoms with Gasteiger partial charge in [-0.2, -0.15) is 8.42 Å². The summed E-state index contributed by atoms with van der Waals surface area (Å²) in [7, 11) is -4.21. The van der Waals surface area contributed by atoms with Crippen LogP contribution in [0.5, 0.6) is 0 Å². The zero-order valence-corrected chi connectivity index (χ0v) is 12.4. The molecule has 0 heterocycles. The number of hydrogen-bond acceptors (Lipinski definition) is 4. The summed E-state index contributed by atoms with van der Waals surface area (Å²) in [6.45, 7) is 0. The van der Waals surface area contributed by atoms with Gasteiger partial charge in [-0.05, 0) is 70.4 Å². The van der Waals surface area contributed by atoms with Crippen molar-refractivity contribution in [2.75, 3.05) is 0 Å². The van der Waals surface area contributed by atoms with Crippen molar-refractivity contribution in [2.45, 2.75) is 22.6 Å². The Morgan fingerprint density at radius 2 is 1.52 bits per heavy atom. The molecular formula is C14H11O5S2-. The Balaban J connectivity index is 2.04. The van der Waals surface area contributed by atoms with Crippen molar-refractivity contribution in [3.63, 3.8) is 0 Å². The summed E-state index contributed by atoms with van der Waals surface area (Å²) in [6.07, 6.45) is 1.06. The van der Waals surface area contributed by atoms with Crippen molar-refractivity contribution in [3.8, 4) is 0 Å². The highest BCUT2D eigenvalue weighted by Gasteiger charge is 2.19. The maximum atomic E-state index is 11.2. The first kappa shape index (κ1) is 14.4. The van der Waals surface area contributed by atoms with Gasteiger partial charge in [0.25, 0.3) is 10.1 Å². The lowest BCUT2D eigenvalue weighted by Crippen LogP contribution is -2.10. The molecule has 0 aromatic heterocycles. The van der Waals surface area contributed by atoms with E-state index in [1.807, 2.05) is 0 Å². The van der Waals surface area contributed by atoms with Gasteiger partial charge in [0.1, 0.15) is 0 Å². The highest BCUT2D eigenvalue weighted by Crippen LogP contribution is 2.29. The maximum absolute atomic E-state index is 11.2. The number of benzene rings is 2. The minimum atomic E-state index is -4.21. The van der Waals surface area contributed by atoms with E-state index >= 15 is 0 Å². The molecule has 110 valence electrons. The summed E-state index contributed by atoms with van der Waals surface area (Å²) < 4.78 is 53.4. The molecule has 3 rings (SSSR count). The summed E-state index contributed by atoms with van der Waals surface area (Å²) in [5.74, 6) is 0. The first-order valence-corrected chi connectivity index (χ1v) is 8.66. The second kappa shape index (κ2) is 5.03. The largest absolute Gasteiger partial charge is 0.768 e. The lowest BCUT2D eigenvalue weighted by Gasteiger charge is -2.21. The lowest BCUT2D eigenvalue weighted by atomic mass is 9.86. The van der Waals surface area contributed by atoms with Gasteiger partial charge >= 0.3 is 0 Å². The molecule has 1 aliphatic rings. The zero-order valence-electron chi connectivity index (χ0n) is 10.8. The molecule has 7 heteroatoms. The van der Waals surface area contributed by atoms with Crippen molar-refractivity contribution in [1.82, 2.24) is 0 Å². The van der Waals surface area contributed by atoms with Gasteiger partial charge in [-0.3, -0.25) is 8.76 Å². The van der Waals surface area contributed by atoms with E-state index < -0.39 is 21.2 Å². The molecule has 0 spiro atoms. The smallest absolute Gasteiger partial charge is 0.294 e. The predicted molar refractivity (Wildman–Crippen MR) is 75.5 cm³/mol. The normalized spacial score (nSPS) is 15.1. The molecule has 1 atom stereocenters. The van der Waals surface area contributed by atoms with E-state index in [4.69, 9.17) is 4.55 Å². The van der Waals surface area contributed by atoms with Crippen molar-refractivity contribution < 1.29 is 21.7 Å². The Morgan fingerprint density at radius 1 is 0.952 bits per heavy atom. The highest BCUT2D eigenvalue weighted by atomic mass is 32.2. The molecule has 2 aromatic rings. The van der Waals surface area contributed by atoms with Crippen LogP contribution in [0.15, 0.2) is 46.2 Å². The standard InChI is InChI=1S/C14H12O5S2/c15-20(16)13-3-1-9-6-12-8-14(21(17,18)19)4-2-10(12)5-11(9)7-13/h1-4,7-8H,5-6H2,(H,15,16)(H,17,18,19)/p-1. The van der Waals surface area contributed by atoms with Crippen LogP contribution in [0.4, 0.5) is 0 Å². The lowest BCUT2D eigenvalue weighted by molar-refractivity contribution is 0.483. The van der Waals surface area contributed by atoms with Crippen LogP contribution in [0.25, 0.3) is 0 Å². The summed E-state index contributed by atoms with van der Waals surface area (Å²) in [5.41, 5.74) is 3.64. The first-order chi connectivity index (χ1) is 9.84. The molecule has 21 heavy (non-hydrogen) atoms. The fourth-order valence-corrected chi connectivity index (χ4v) is 3.50. The quantitative estimate of drug-likeness (QED) is 0.572. The zero-order chi connectivity index (χ0) is 15.2. The van der Waals surface area contributed by atoms with Gasteiger partial charge in [0.05, 0.1) is 4.90 Å². The Bertz CT molecular complexity index is 856. The molecule has 0 fully saturated rings. The number of rotatable bonds is 2. The van der Waals surface area contributed by atoms with Gasteiger partial charge in [0.15, 0.2) is 0 Å². The third-order valence-corrected chi connectivity index (χ3v) is 5.10. The van der Waals surface area contributed by atoms with Gasteiger partial charge in [-0.1, -0.05) is 12.1 Å². The number of hydrogen-bond donors (Lipinski definition) is 1. The van der Waals surface area contributed by atoms with E-state index in [1.165, 1.54) is 18.2 Å². The topological polar surface area (TPSA) is 94.5 Å². The Hall–Kier alpha value is -1.54. The molecule has 0 amide bonds. The minimum absolute atomic E-state index is 0.123. The molecule has 1 N–H and O–H groups in total. The van der Waals surface area contributed by atoms with E-state index in [1.54, 1.807) is 18.2 Å². The average Bonchev–Trinajstić information content (AvgIpc) is 2.42. The van der Waals surface area contributed by atoms with Gasteiger partial charge in [0, 0.05) is 4.90 Å². The number of fused-ring (bicyclic) bond motifs is 2. The SMILES string of the molecule is O=S([O-])c1ccc2c(c1)Cc1ccc(S(=O)(=O)O)cc1C2. The third kappa shape index (κ3) is 2.77. The molecule has 0 radical (unpaired) electrons. The first-order valence-electron chi connectivity index (χ1n) is 6.15. The fourth-order valence-electron chi connectivity index (χ4n) is 2.55. The van der Waals surface area contributed by atoms with Crippen LogP contribution in [0.3, 0.4) is 0 Å². The second-order valence-corrected chi connectivity index (χ2v) is 7.29. The van der Waals surface area contributed by atoms with Gasteiger partial charge in [0.2, 0.25) is 0 Å². The predicted octanol–water partition coefficient (Wildman–Crippen LogP) is 1.67. The van der Waals surface area contributed by atoms with Crippen LogP contribution in [-0.4, -0.2) is 21.7 Å². The van der Waals surface area contributed by atoms with Crippen LogP contribution in [0.2, 0.25) is 0 Å². The van der Waals surface area contributed by atoms with Crippen LogP contribution in [0, 0.1) is 0 Å². The minimum Gasteiger partial charge on any atom is -0.768 e. The van der Waals surface area contributed by atoms with Gasteiger partial charge in [-0.25, -0.2) is 0 Å². The highest BCUT2D eigenvalue weighted by molar-refractivity contribution is 7.85. The summed E-state index contributed by atoms with van der Waals surface area (Å²) >= 11 is -2.26. The molecule has 0 saturated heterocycles. The fraction of sp³-hybridized carbons (Fsp3) is 0.143. The van der Waals surface area contributed by atoms with Crippen molar-refractivity contribution in [1.29, 1.82) is 0 Å². The van der Waals surface area contributed by atoms with E-state index in [0.717, 1.165) is 22.3 Å². The van der Waals surface area contributed by atoms with Gasteiger partial charge in [-0.15, -0.1) is 0 Å². The average molecular weight is 323 g/mol. The Labute approximate surface area is 124 Å². The molecule has 0 aliphatic heterocycles. The van der Waals surface area contributed by atoms with Gasteiger partial charge < -0.3 is 4.55 Å². The summed E-state index contributed by atoms with van der Waals surface area (Å²) in [4.78, 5) is 0.119. The third-order valence-electron chi connectivity index (χ3n) is 3.61. The van der Waals surface area contributed by atoms with Crippen molar-refractivity contribution >= 4 is 21.2 Å². The molecule has 1 unspecified atom stereocenters. The summed E-state index contributed by atoms with van der Waals surface area (Å²) in [5, 5.41) is 0. The van der Waals surface area contributed by atoms with E-state index in [0.29, 0.717) is 12.8 Å². The van der Waals surface area contributed by atoms with Crippen LogP contribution in [-0.2, 0) is 34.0 Å². The van der Waals surface area contributed by atoms with Crippen LogP contribution >= 0.6 is 0 Å². The molecule has 0 saturated carbocycles. The van der Waals surface area contributed by atoms with Crippen LogP contribution < -0.4 is 0 Å². The van der Waals surface area contributed by atoms with Crippen LogP contribution in [0.1, 0.15) is 22.3 Å². The van der Waals surface area contributed by atoms with E-state index in [9.17, 15) is 17.2 Å². The second-order valence-electron chi connectivity index (χ2n) is 4.92. The Morgan fingerprint density at radius 3 is 2.10 bits per heavy atom. The monoisotopic (exact) mass is 323 g/mol. The molecule has 5 nitrogen and oxygen atoms in total. The molecular weight excluding hydrogens is 312 g/mol. The van der Waals surface area contributed by atoms with E-state index in [2.05, 4.69) is 0 Å². The Kier molecular flexibility index (Phi) is 3.45. The molecule has 1 aliphatic carbocycles.